The highest BCUT2D eigenvalue weighted by Crippen LogP contribution is 2.15. The third-order valence-corrected chi connectivity index (χ3v) is 3.96. The van der Waals surface area contributed by atoms with E-state index in [1.54, 1.807) is 12.5 Å². The standard InChI is InChI=1S/C20H16N4O/c25-20(16-3-7-18(8-4-16)23-12-1-2-13-23)22-17-5-9-19(10-6-17)24-14-11-21-15-24/h1-15H,(H,22,25). The number of carbonyl (C=O) groups is 1. The first-order valence-corrected chi connectivity index (χ1v) is 7.93. The fourth-order valence-corrected chi connectivity index (χ4v) is 2.62. The van der Waals surface area contributed by atoms with Crippen molar-refractivity contribution < 1.29 is 4.79 Å². The topological polar surface area (TPSA) is 51.9 Å². The molecule has 0 aliphatic rings. The second-order valence-corrected chi connectivity index (χ2v) is 5.61. The van der Waals surface area contributed by atoms with E-state index in [-0.39, 0.29) is 5.91 Å². The molecular formula is C20H16N4O. The van der Waals surface area contributed by atoms with Crippen molar-refractivity contribution in [2.75, 3.05) is 5.32 Å². The van der Waals surface area contributed by atoms with Gasteiger partial charge in [-0.05, 0) is 60.7 Å². The largest absolute Gasteiger partial charge is 0.324 e. The molecule has 4 rings (SSSR count). The molecule has 4 aromatic rings. The van der Waals surface area contributed by atoms with E-state index < -0.39 is 0 Å². The van der Waals surface area contributed by atoms with Crippen molar-refractivity contribution in [3.05, 3.63) is 97.3 Å². The van der Waals surface area contributed by atoms with E-state index in [0.717, 1.165) is 17.1 Å². The number of hydrogen-bond acceptors (Lipinski definition) is 2. The average Bonchev–Trinajstić information content (AvgIpc) is 3.36. The van der Waals surface area contributed by atoms with Crippen LogP contribution >= 0.6 is 0 Å². The van der Waals surface area contributed by atoms with Crippen LogP contribution in [0.2, 0.25) is 0 Å². The van der Waals surface area contributed by atoms with E-state index in [1.165, 1.54) is 0 Å². The Labute approximate surface area is 145 Å². The number of aromatic nitrogens is 3. The number of imidazole rings is 1. The lowest BCUT2D eigenvalue weighted by atomic mass is 10.2. The first-order chi connectivity index (χ1) is 12.3. The molecule has 0 aliphatic heterocycles. The molecule has 2 aromatic heterocycles. The van der Waals surface area contributed by atoms with E-state index in [0.29, 0.717) is 5.56 Å². The van der Waals surface area contributed by atoms with Crippen LogP contribution < -0.4 is 5.32 Å². The van der Waals surface area contributed by atoms with E-state index in [9.17, 15) is 4.79 Å². The molecule has 25 heavy (non-hydrogen) atoms. The molecular weight excluding hydrogens is 312 g/mol. The highest BCUT2D eigenvalue weighted by Gasteiger charge is 2.06. The minimum atomic E-state index is -0.130. The molecule has 0 unspecified atom stereocenters. The lowest BCUT2D eigenvalue weighted by Gasteiger charge is -2.08. The Morgan fingerprint density at radius 1 is 0.800 bits per heavy atom. The lowest BCUT2D eigenvalue weighted by molar-refractivity contribution is 0.102. The van der Waals surface area contributed by atoms with Gasteiger partial charge < -0.3 is 14.5 Å². The predicted molar refractivity (Wildman–Crippen MR) is 97.3 cm³/mol. The van der Waals surface area contributed by atoms with Gasteiger partial charge in [0.05, 0.1) is 6.33 Å². The number of amides is 1. The van der Waals surface area contributed by atoms with Crippen molar-refractivity contribution in [3.8, 4) is 11.4 Å². The molecule has 0 saturated heterocycles. The maximum atomic E-state index is 12.4. The van der Waals surface area contributed by atoms with Gasteiger partial charge in [-0.25, -0.2) is 4.98 Å². The molecule has 5 nitrogen and oxygen atoms in total. The van der Waals surface area contributed by atoms with Gasteiger partial charge in [-0.2, -0.15) is 0 Å². The predicted octanol–water partition coefficient (Wildman–Crippen LogP) is 3.92. The maximum absolute atomic E-state index is 12.4. The van der Waals surface area contributed by atoms with Crippen LogP contribution in [0.25, 0.3) is 11.4 Å². The highest BCUT2D eigenvalue weighted by molar-refractivity contribution is 6.04. The molecule has 0 fully saturated rings. The zero-order valence-corrected chi connectivity index (χ0v) is 13.4. The number of benzene rings is 2. The minimum Gasteiger partial charge on any atom is -0.324 e. The summed E-state index contributed by atoms with van der Waals surface area (Å²) in [6.07, 6.45) is 9.28. The van der Waals surface area contributed by atoms with Gasteiger partial charge in [-0.1, -0.05) is 0 Å². The zero-order valence-electron chi connectivity index (χ0n) is 13.4. The van der Waals surface area contributed by atoms with Crippen molar-refractivity contribution >= 4 is 11.6 Å². The third-order valence-electron chi connectivity index (χ3n) is 3.96. The van der Waals surface area contributed by atoms with E-state index in [2.05, 4.69) is 10.3 Å². The van der Waals surface area contributed by atoms with Gasteiger partial charge in [0.1, 0.15) is 0 Å². The van der Waals surface area contributed by atoms with Crippen molar-refractivity contribution in [2.24, 2.45) is 0 Å². The summed E-state index contributed by atoms with van der Waals surface area (Å²) in [4.78, 5) is 16.4. The Bertz CT molecular complexity index is 954. The van der Waals surface area contributed by atoms with Gasteiger partial charge in [0.25, 0.3) is 5.91 Å². The zero-order chi connectivity index (χ0) is 17.1. The summed E-state index contributed by atoms with van der Waals surface area (Å²) in [5.74, 6) is -0.130. The SMILES string of the molecule is O=C(Nc1ccc(-n2ccnc2)cc1)c1ccc(-n2cccc2)cc1. The van der Waals surface area contributed by atoms with Gasteiger partial charge in [0.2, 0.25) is 0 Å². The van der Waals surface area contributed by atoms with Crippen LogP contribution in [0, 0.1) is 0 Å². The number of rotatable bonds is 4. The van der Waals surface area contributed by atoms with Crippen molar-refractivity contribution in [1.29, 1.82) is 0 Å². The van der Waals surface area contributed by atoms with Crippen LogP contribution in [0.1, 0.15) is 10.4 Å². The molecule has 0 atom stereocenters. The molecule has 0 saturated carbocycles. The van der Waals surface area contributed by atoms with Crippen LogP contribution in [0.4, 0.5) is 5.69 Å². The van der Waals surface area contributed by atoms with Crippen LogP contribution in [0.3, 0.4) is 0 Å². The Morgan fingerprint density at radius 3 is 2.08 bits per heavy atom. The maximum Gasteiger partial charge on any atom is 0.255 e. The fourth-order valence-electron chi connectivity index (χ4n) is 2.62. The van der Waals surface area contributed by atoms with Crippen molar-refractivity contribution in [2.45, 2.75) is 0 Å². The molecule has 0 bridgehead atoms. The second-order valence-electron chi connectivity index (χ2n) is 5.61. The summed E-state index contributed by atoms with van der Waals surface area (Å²) in [6.45, 7) is 0. The summed E-state index contributed by atoms with van der Waals surface area (Å²) >= 11 is 0. The Kier molecular flexibility index (Phi) is 3.88. The number of nitrogens with one attached hydrogen (secondary N) is 1. The lowest BCUT2D eigenvalue weighted by Crippen LogP contribution is -2.11. The van der Waals surface area contributed by atoms with Gasteiger partial charge in [0.15, 0.2) is 0 Å². The van der Waals surface area contributed by atoms with Crippen LogP contribution in [-0.4, -0.2) is 20.0 Å². The summed E-state index contributed by atoms with van der Waals surface area (Å²) < 4.78 is 3.90. The van der Waals surface area contributed by atoms with Gasteiger partial charge in [-0.3, -0.25) is 4.79 Å². The number of carbonyl (C=O) groups excluding carboxylic acids is 1. The molecule has 0 aliphatic carbocycles. The summed E-state index contributed by atoms with van der Waals surface area (Å²) in [6, 6.07) is 19.1. The monoisotopic (exact) mass is 328 g/mol. The Balaban J connectivity index is 1.46. The molecule has 1 amide bonds. The normalized spacial score (nSPS) is 10.6. The molecule has 122 valence electrons. The van der Waals surface area contributed by atoms with Gasteiger partial charge >= 0.3 is 0 Å². The smallest absolute Gasteiger partial charge is 0.255 e. The summed E-state index contributed by atoms with van der Waals surface area (Å²) in [7, 11) is 0. The molecule has 2 aromatic carbocycles. The Morgan fingerprint density at radius 2 is 1.44 bits per heavy atom. The average molecular weight is 328 g/mol. The van der Waals surface area contributed by atoms with Crippen molar-refractivity contribution in [1.82, 2.24) is 14.1 Å². The van der Waals surface area contributed by atoms with E-state index >= 15 is 0 Å². The number of nitrogens with zero attached hydrogens (tertiary/aromatic N) is 3. The minimum absolute atomic E-state index is 0.130. The summed E-state index contributed by atoms with van der Waals surface area (Å²) in [5.41, 5.74) is 3.38. The fraction of sp³-hybridized carbons (Fsp3) is 0. The third kappa shape index (κ3) is 3.21. The van der Waals surface area contributed by atoms with E-state index in [4.69, 9.17) is 0 Å². The Hall–Kier alpha value is -3.60. The first kappa shape index (κ1) is 15.0. The van der Waals surface area contributed by atoms with Crippen LogP contribution in [0.15, 0.2) is 91.8 Å². The molecule has 5 heteroatoms. The first-order valence-electron chi connectivity index (χ1n) is 7.93. The highest BCUT2D eigenvalue weighted by atomic mass is 16.1. The second kappa shape index (κ2) is 6.49. The van der Waals surface area contributed by atoms with Crippen LogP contribution in [-0.2, 0) is 0 Å². The van der Waals surface area contributed by atoms with Gasteiger partial charge in [-0.15, -0.1) is 0 Å². The molecule has 2 heterocycles. The molecule has 1 N–H and O–H groups in total. The van der Waals surface area contributed by atoms with E-state index in [1.807, 2.05) is 88.4 Å². The summed E-state index contributed by atoms with van der Waals surface area (Å²) in [5, 5.41) is 2.91. The van der Waals surface area contributed by atoms with Crippen LogP contribution in [0.5, 0.6) is 0 Å². The quantitative estimate of drug-likeness (QED) is 0.617. The van der Waals surface area contributed by atoms with Crippen molar-refractivity contribution in [3.63, 3.8) is 0 Å². The molecule has 0 radical (unpaired) electrons. The van der Waals surface area contributed by atoms with Gasteiger partial charge in [0, 0.05) is 47.4 Å². The molecule has 0 spiro atoms. The number of anilines is 1. The number of hydrogen-bond donors (Lipinski definition) is 1.